The van der Waals surface area contributed by atoms with Crippen LogP contribution < -0.4 is 16.4 Å². The number of carbonyl (C=O) groups excluding carboxylic acids is 1. The molecule has 0 atom stereocenters. The zero-order valence-electron chi connectivity index (χ0n) is 27.5. The molecule has 1 amide bonds. The van der Waals surface area contributed by atoms with E-state index in [0.29, 0.717) is 118 Å². The molecule has 4 N–H and O–H groups in total. The number of nitrogens with zero attached hydrogens (tertiary/aromatic N) is 9. The van der Waals surface area contributed by atoms with E-state index < -0.39 is 0 Å². The number of anilines is 3. The molecule has 1 fully saturated rings. The Hall–Kier alpha value is -4.97. The fourth-order valence-electron chi connectivity index (χ4n) is 5.46. The van der Waals surface area contributed by atoms with Crippen molar-refractivity contribution in [1.82, 2.24) is 39.6 Å². The van der Waals surface area contributed by atoms with Crippen LogP contribution in [0, 0.1) is 0 Å². The van der Waals surface area contributed by atoms with Crippen molar-refractivity contribution < 1.29 is 28.2 Å². The molecule has 4 aromatic heterocycles. The van der Waals surface area contributed by atoms with Crippen molar-refractivity contribution >= 4 is 45.7 Å². The molecule has 1 saturated heterocycles. The largest absolute Gasteiger partial charge is 0.424 e. The summed E-state index contributed by atoms with van der Waals surface area (Å²) >= 11 is 0. The maximum atomic E-state index is 12.8. The Morgan fingerprint density at radius 3 is 2.22 bits per heavy atom. The van der Waals surface area contributed by atoms with Crippen LogP contribution >= 0.6 is 0 Å². The lowest BCUT2D eigenvalue weighted by Gasteiger charge is -2.35. The number of piperazine rings is 1. The maximum Gasteiger partial charge on any atom is 0.292 e. The molecule has 0 bridgehead atoms. The number of carbonyl (C=O) groups is 1. The zero-order chi connectivity index (χ0) is 34.0. The van der Waals surface area contributed by atoms with E-state index in [-0.39, 0.29) is 17.7 Å². The number of hydrogen-bond acceptors (Lipinski definition) is 15. The van der Waals surface area contributed by atoms with Crippen LogP contribution in [0.15, 0.2) is 41.3 Å². The van der Waals surface area contributed by atoms with E-state index in [4.69, 9.17) is 39.9 Å². The van der Waals surface area contributed by atoms with E-state index >= 15 is 0 Å². The number of fused-ring (bicyclic) bond motifs is 2. The third-order valence-corrected chi connectivity index (χ3v) is 7.91. The highest BCUT2D eigenvalue weighted by Crippen LogP contribution is 2.33. The molecule has 5 heterocycles. The number of aromatic nitrogens is 7. The smallest absolute Gasteiger partial charge is 0.292 e. The van der Waals surface area contributed by atoms with Crippen LogP contribution in [-0.2, 0) is 23.7 Å². The van der Waals surface area contributed by atoms with Crippen molar-refractivity contribution in [2.45, 2.75) is 19.8 Å². The second kappa shape index (κ2) is 16.4. The van der Waals surface area contributed by atoms with Crippen molar-refractivity contribution in [3.05, 3.63) is 36.9 Å². The van der Waals surface area contributed by atoms with Crippen LogP contribution in [0.4, 0.5) is 17.7 Å². The van der Waals surface area contributed by atoms with Gasteiger partial charge in [0.25, 0.3) is 6.01 Å². The summed E-state index contributed by atoms with van der Waals surface area (Å²) in [5, 5.41) is 5.43. The first kappa shape index (κ1) is 33.9. The molecule has 17 heteroatoms. The van der Waals surface area contributed by atoms with Gasteiger partial charge >= 0.3 is 0 Å². The Bertz CT molecular complexity index is 1840. The highest BCUT2D eigenvalue weighted by atomic mass is 16.6. The van der Waals surface area contributed by atoms with Crippen molar-refractivity contribution in [2.75, 3.05) is 95.4 Å². The van der Waals surface area contributed by atoms with Gasteiger partial charge in [-0.3, -0.25) is 4.79 Å². The molecule has 1 aromatic carbocycles. The molecule has 0 aliphatic carbocycles. The molecule has 0 unspecified atom stereocenters. The van der Waals surface area contributed by atoms with E-state index in [0.717, 1.165) is 18.6 Å². The number of amides is 1. The first-order valence-corrected chi connectivity index (χ1v) is 16.3. The summed E-state index contributed by atoms with van der Waals surface area (Å²) in [4.78, 5) is 38.7. The second-order valence-corrected chi connectivity index (χ2v) is 11.3. The van der Waals surface area contributed by atoms with E-state index in [1.807, 2.05) is 23.1 Å². The lowest BCUT2D eigenvalue weighted by Crippen LogP contribution is -2.49. The Kier molecular flexibility index (Phi) is 11.4. The Labute approximate surface area is 282 Å². The Morgan fingerprint density at radius 1 is 0.816 bits per heavy atom. The SMILES string of the molecule is CCCOCCOCCOCCOCCC(=O)N1CCN(c2cc(-n3nc(-c4ccc5oc(N)nc5c4)c4c(N)ncnc43)ncn2)CC1. The summed E-state index contributed by atoms with van der Waals surface area (Å²) in [6.07, 6.45) is 4.19. The monoisotopic (exact) mass is 675 g/mol. The summed E-state index contributed by atoms with van der Waals surface area (Å²) < 4.78 is 29.0. The van der Waals surface area contributed by atoms with Gasteiger partial charge in [-0.2, -0.15) is 14.8 Å². The first-order chi connectivity index (χ1) is 24.0. The van der Waals surface area contributed by atoms with Crippen LogP contribution in [0.1, 0.15) is 19.8 Å². The zero-order valence-corrected chi connectivity index (χ0v) is 27.5. The normalized spacial score (nSPS) is 13.6. The van der Waals surface area contributed by atoms with Gasteiger partial charge in [0.05, 0.1) is 58.1 Å². The van der Waals surface area contributed by atoms with Crippen molar-refractivity contribution in [3.63, 3.8) is 0 Å². The highest BCUT2D eigenvalue weighted by molar-refractivity contribution is 6.00. The van der Waals surface area contributed by atoms with Crippen LogP contribution in [-0.4, -0.2) is 125 Å². The molecule has 6 rings (SSSR count). The third-order valence-electron chi connectivity index (χ3n) is 7.91. The topological polar surface area (TPSA) is 208 Å². The Morgan fingerprint density at radius 2 is 1.49 bits per heavy atom. The summed E-state index contributed by atoms with van der Waals surface area (Å²) in [5.41, 5.74) is 15.0. The predicted octanol–water partition coefficient (Wildman–Crippen LogP) is 2.09. The van der Waals surface area contributed by atoms with Crippen LogP contribution in [0.25, 0.3) is 39.2 Å². The van der Waals surface area contributed by atoms with Gasteiger partial charge in [0.1, 0.15) is 35.5 Å². The molecule has 260 valence electrons. The fraction of sp³-hybridized carbons (Fsp3) is 0.469. The molecule has 1 aliphatic rings. The summed E-state index contributed by atoms with van der Waals surface area (Å²) in [5.74, 6) is 1.56. The quantitative estimate of drug-likeness (QED) is 0.135. The molecule has 0 saturated carbocycles. The maximum absolute atomic E-state index is 12.8. The highest BCUT2D eigenvalue weighted by Gasteiger charge is 2.24. The molecule has 17 nitrogen and oxygen atoms in total. The molecular weight excluding hydrogens is 634 g/mol. The number of hydrogen-bond donors (Lipinski definition) is 2. The molecular formula is C32H41N11O6. The van der Waals surface area contributed by atoms with Crippen molar-refractivity contribution in [1.29, 1.82) is 0 Å². The van der Waals surface area contributed by atoms with Gasteiger partial charge in [0.15, 0.2) is 17.0 Å². The minimum Gasteiger partial charge on any atom is -0.424 e. The number of rotatable bonds is 17. The number of oxazole rings is 1. The van der Waals surface area contributed by atoms with Crippen LogP contribution in [0.3, 0.4) is 0 Å². The number of nitrogens with two attached hydrogens (primary N) is 2. The van der Waals surface area contributed by atoms with Gasteiger partial charge in [-0.05, 0) is 24.6 Å². The van der Waals surface area contributed by atoms with Crippen molar-refractivity contribution in [2.24, 2.45) is 0 Å². The molecule has 0 radical (unpaired) electrons. The molecule has 49 heavy (non-hydrogen) atoms. The summed E-state index contributed by atoms with van der Waals surface area (Å²) in [6, 6.07) is 7.38. The van der Waals surface area contributed by atoms with Gasteiger partial charge in [0, 0.05) is 44.4 Å². The average Bonchev–Trinajstić information content (AvgIpc) is 3.70. The number of benzene rings is 1. The van der Waals surface area contributed by atoms with Gasteiger partial charge in [0.2, 0.25) is 5.91 Å². The standard InChI is InChI=1S/C32H41N11O6/c1-2-10-45-12-14-47-16-17-48-15-13-46-11-5-27(44)42-8-6-41(7-9-42)25-19-26(36-20-35-25)43-31-28(30(33)37-21-38-31)29(40-43)22-3-4-24-23(18-22)39-32(34)49-24/h3-4,18-21H,2,5-17H2,1H3,(H2,34,39)(H2,33,37,38). The van der Waals surface area contributed by atoms with E-state index in [1.165, 1.54) is 12.7 Å². The summed E-state index contributed by atoms with van der Waals surface area (Å²) in [6.45, 7) is 8.58. The Balaban J connectivity index is 0.997. The van der Waals surface area contributed by atoms with Gasteiger partial charge in [-0.1, -0.05) is 6.92 Å². The van der Waals surface area contributed by atoms with Crippen LogP contribution in [0.5, 0.6) is 0 Å². The van der Waals surface area contributed by atoms with Crippen LogP contribution in [0.2, 0.25) is 0 Å². The fourth-order valence-corrected chi connectivity index (χ4v) is 5.46. The molecule has 5 aromatic rings. The van der Waals surface area contributed by atoms with Gasteiger partial charge in [-0.25, -0.2) is 19.9 Å². The second-order valence-electron chi connectivity index (χ2n) is 11.3. The van der Waals surface area contributed by atoms with Gasteiger partial charge < -0.3 is 44.6 Å². The minimum absolute atomic E-state index is 0.0574. The minimum atomic E-state index is 0.0574. The predicted molar refractivity (Wildman–Crippen MR) is 181 cm³/mol. The van der Waals surface area contributed by atoms with Gasteiger partial charge in [-0.15, -0.1) is 0 Å². The number of ether oxygens (including phenoxy) is 4. The average molecular weight is 676 g/mol. The van der Waals surface area contributed by atoms with E-state index in [9.17, 15) is 4.79 Å². The molecule has 0 spiro atoms. The van der Waals surface area contributed by atoms with Crippen molar-refractivity contribution in [3.8, 4) is 17.1 Å². The summed E-state index contributed by atoms with van der Waals surface area (Å²) in [7, 11) is 0. The number of nitrogen functional groups attached to an aromatic ring is 2. The van der Waals surface area contributed by atoms with E-state index in [2.05, 4.69) is 36.7 Å². The third kappa shape index (κ3) is 8.37. The lowest BCUT2D eigenvalue weighted by atomic mass is 10.1. The lowest BCUT2D eigenvalue weighted by molar-refractivity contribution is -0.132. The van der Waals surface area contributed by atoms with E-state index in [1.54, 1.807) is 10.7 Å². The molecule has 1 aliphatic heterocycles. The first-order valence-electron chi connectivity index (χ1n) is 16.3.